The van der Waals surface area contributed by atoms with Crippen LogP contribution in [-0.2, 0) is 9.59 Å². The van der Waals surface area contributed by atoms with Gasteiger partial charge in [-0.15, -0.1) is 0 Å². The van der Waals surface area contributed by atoms with Gasteiger partial charge in [0.05, 0.1) is 19.9 Å². The van der Waals surface area contributed by atoms with Crippen molar-refractivity contribution in [1.29, 1.82) is 0 Å². The molecule has 6 heteroatoms. The number of methoxy groups -OCH3 is 2. The first kappa shape index (κ1) is 20.3. The number of anilines is 2. The molecule has 0 spiro atoms. The number of carbonyl (C=O) groups excluding carboxylic acids is 2. The van der Waals surface area contributed by atoms with Gasteiger partial charge in [-0.05, 0) is 35.7 Å². The van der Waals surface area contributed by atoms with Crippen molar-refractivity contribution in [3.8, 4) is 11.5 Å². The molecule has 1 N–H and O–H groups in total. The smallest absolute Gasteiger partial charge is 0.244 e. The topological polar surface area (TPSA) is 67.9 Å². The first-order valence-electron chi connectivity index (χ1n) is 8.75. The van der Waals surface area contributed by atoms with Gasteiger partial charge < -0.3 is 14.8 Å². The predicted molar refractivity (Wildman–Crippen MR) is 107 cm³/mol. The summed E-state index contributed by atoms with van der Waals surface area (Å²) in [6, 6.07) is 12.8. The Bertz CT molecular complexity index is 800. The van der Waals surface area contributed by atoms with Crippen LogP contribution in [0.4, 0.5) is 11.4 Å². The number of hydrogen-bond donors (Lipinski definition) is 1. The van der Waals surface area contributed by atoms with Gasteiger partial charge in [-0.3, -0.25) is 14.5 Å². The molecular formula is C21H26N2O4. The van der Waals surface area contributed by atoms with Crippen molar-refractivity contribution < 1.29 is 19.1 Å². The van der Waals surface area contributed by atoms with Crippen molar-refractivity contribution in [2.75, 3.05) is 31.0 Å². The highest BCUT2D eigenvalue weighted by molar-refractivity contribution is 6.02. The number of nitrogens with one attached hydrogen (secondary N) is 1. The molecule has 0 unspecified atom stereocenters. The van der Waals surface area contributed by atoms with Gasteiger partial charge in [-0.2, -0.15) is 0 Å². The van der Waals surface area contributed by atoms with Crippen molar-refractivity contribution in [2.45, 2.75) is 26.7 Å². The van der Waals surface area contributed by atoms with E-state index in [2.05, 4.69) is 19.2 Å². The molecule has 0 aliphatic heterocycles. The van der Waals surface area contributed by atoms with E-state index in [0.29, 0.717) is 28.8 Å². The zero-order valence-electron chi connectivity index (χ0n) is 16.4. The maximum absolute atomic E-state index is 12.5. The lowest BCUT2D eigenvalue weighted by atomic mass is 10.0. The molecule has 0 aliphatic rings. The van der Waals surface area contributed by atoms with Crippen LogP contribution < -0.4 is 19.7 Å². The summed E-state index contributed by atoms with van der Waals surface area (Å²) >= 11 is 0. The van der Waals surface area contributed by atoms with Crippen LogP contribution in [0.3, 0.4) is 0 Å². The SMILES string of the molecule is COc1ccc(N(CC(=O)Nc2ccc(C(C)C)cc2)C(C)=O)c(OC)c1. The summed E-state index contributed by atoms with van der Waals surface area (Å²) in [6.45, 7) is 5.51. The summed E-state index contributed by atoms with van der Waals surface area (Å²) in [6.07, 6.45) is 0. The number of amides is 2. The maximum Gasteiger partial charge on any atom is 0.244 e. The Morgan fingerprint density at radius 3 is 2.22 bits per heavy atom. The standard InChI is InChI=1S/C21H26N2O4/c1-14(2)16-6-8-17(9-7-16)22-21(25)13-23(15(3)24)19-11-10-18(26-4)12-20(19)27-5/h6-12,14H,13H2,1-5H3,(H,22,25). The molecule has 0 fully saturated rings. The summed E-state index contributed by atoms with van der Waals surface area (Å²) in [7, 11) is 3.06. The molecule has 2 aromatic carbocycles. The summed E-state index contributed by atoms with van der Waals surface area (Å²) in [4.78, 5) is 26.0. The summed E-state index contributed by atoms with van der Waals surface area (Å²) in [5, 5.41) is 2.82. The van der Waals surface area contributed by atoms with Crippen LogP contribution in [-0.4, -0.2) is 32.6 Å². The van der Waals surface area contributed by atoms with Crippen LogP contribution in [0.15, 0.2) is 42.5 Å². The van der Waals surface area contributed by atoms with Crippen LogP contribution in [0.25, 0.3) is 0 Å². The number of hydrogen-bond acceptors (Lipinski definition) is 4. The molecule has 0 saturated carbocycles. The molecule has 0 bridgehead atoms. The fourth-order valence-corrected chi connectivity index (χ4v) is 2.67. The maximum atomic E-state index is 12.5. The highest BCUT2D eigenvalue weighted by Gasteiger charge is 2.20. The van der Waals surface area contributed by atoms with E-state index in [-0.39, 0.29) is 18.4 Å². The lowest BCUT2D eigenvalue weighted by Crippen LogP contribution is -2.36. The minimum absolute atomic E-state index is 0.121. The first-order chi connectivity index (χ1) is 12.8. The van der Waals surface area contributed by atoms with Crippen LogP contribution in [0, 0.1) is 0 Å². The van der Waals surface area contributed by atoms with Gasteiger partial charge in [-0.1, -0.05) is 26.0 Å². The molecule has 0 aliphatic carbocycles. The fourth-order valence-electron chi connectivity index (χ4n) is 2.67. The van der Waals surface area contributed by atoms with Crippen molar-refractivity contribution >= 4 is 23.2 Å². The van der Waals surface area contributed by atoms with Gasteiger partial charge in [0.2, 0.25) is 11.8 Å². The second-order valence-electron chi connectivity index (χ2n) is 6.47. The molecule has 0 aromatic heterocycles. The number of benzene rings is 2. The number of nitrogens with zero attached hydrogens (tertiary/aromatic N) is 1. The van der Waals surface area contributed by atoms with Crippen molar-refractivity contribution in [3.05, 3.63) is 48.0 Å². The lowest BCUT2D eigenvalue weighted by molar-refractivity contribution is -0.120. The van der Waals surface area contributed by atoms with E-state index in [1.165, 1.54) is 24.5 Å². The molecule has 2 amide bonds. The van der Waals surface area contributed by atoms with Crippen LogP contribution in [0.2, 0.25) is 0 Å². The number of rotatable bonds is 7. The molecule has 0 atom stereocenters. The van der Waals surface area contributed by atoms with E-state index in [0.717, 1.165) is 0 Å². The molecular weight excluding hydrogens is 344 g/mol. The Kier molecular flexibility index (Phi) is 6.82. The Morgan fingerprint density at radius 1 is 1.04 bits per heavy atom. The average molecular weight is 370 g/mol. The van der Waals surface area contributed by atoms with Gasteiger partial charge in [0.25, 0.3) is 0 Å². The van der Waals surface area contributed by atoms with Gasteiger partial charge >= 0.3 is 0 Å². The van der Waals surface area contributed by atoms with Gasteiger partial charge in [0.1, 0.15) is 18.0 Å². The van der Waals surface area contributed by atoms with Crippen LogP contribution >= 0.6 is 0 Å². The van der Waals surface area contributed by atoms with E-state index < -0.39 is 0 Å². The van der Waals surface area contributed by atoms with Crippen molar-refractivity contribution in [3.63, 3.8) is 0 Å². The van der Waals surface area contributed by atoms with E-state index in [9.17, 15) is 9.59 Å². The third-order valence-electron chi connectivity index (χ3n) is 4.22. The molecule has 6 nitrogen and oxygen atoms in total. The normalized spacial score (nSPS) is 10.4. The predicted octanol–water partition coefficient (Wildman–Crippen LogP) is 3.82. The molecule has 2 rings (SSSR count). The van der Waals surface area contributed by atoms with E-state index in [4.69, 9.17) is 9.47 Å². The Hall–Kier alpha value is -3.02. The summed E-state index contributed by atoms with van der Waals surface area (Å²) in [5.74, 6) is 0.932. The van der Waals surface area contributed by atoms with Gasteiger partial charge in [0, 0.05) is 18.7 Å². The molecule has 0 saturated heterocycles. The number of ether oxygens (including phenoxy) is 2. The highest BCUT2D eigenvalue weighted by Crippen LogP contribution is 2.32. The zero-order chi connectivity index (χ0) is 20.0. The van der Waals surface area contributed by atoms with Crippen LogP contribution in [0.5, 0.6) is 11.5 Å². The molecule has 2 aromatic rings. The van der Waals surface area contributed by atoms with E-state index >= 15 is 0 Å². The monoisotopic (exact) mass is 370 g/mol. The lowest BCUT2D eigenvalue weighted by Gasteiger charge is -2.23. The van der Waals surface area contributed by atoms with Crippen molar-refractivity contribution in [1.82, 2.24) is 0 Å². The average Bonchev–Trinajstić information content (AvgIpc) is 2.65. The largest absolute Gasteiger partial charge is 0.497 e. The minimum Gasteiger partial charge on any atom is -0.497 e. The Balaban J connectivity index is 2.16. The molecule has 27 heavy (non-hydrogen) atoms. The molecule has 0 radical (unpaired) electrons. The van der Waals surface area contributed by atoms with Crippen LogP contribution in [0.1, 0.15) is 32.3 Å². The third-order valence-corrected chi connectivity index (χ3v) is 4.22. The molecule has 144 valence electrons. The minimum atomic E-state index is -0.291. The van der Waals surface area contributed by atoms with Crippen molar-refractivity contribution in [2.24, 2.45) is 0 Å². The van der Waals surface area contributed by atoms with Gasteiger partial charge in [-0.25, -0.2) is 0 Å². The fraction of sp³-hybridized carbons (Fsp3) is 0.333. The first-order valence-corrected chi connectivity index (χ1v) is 8.75. The Morgan fingerprint density at radius 2 is 1.70 bits per heavy atom. The van der Waals surface area contributed by atoms with Gasteiger partial charge in [0.15, 0.2) is 0 Å². The molecule has 0 heterocycles. The Labute approximate surface area is 160 Å². The summed E-state index contributed by atoms with van der Waals surface area (Å²) in [5.41, 5.74) is 2.40. The highest BCUT2D eigenvalue weighted by atomic mass is 16.5. The summed E-state index contributed by atoms with van der Waals surface area (Å²) < 4.78 is 10.5. The quantitative estimate of drug-likeness (QED) is 0.804. The number of carbonyl (C=O) groups is 2. The second kappa shape index (κ2) is 9.07. The zero-order valence-corrected chi connectivity index (χ0v) is 16.4. The second-order valence-corrected chi connectivity index (χ2v) is 6.47. The van der Waals surface area contributed by atoms with E-state index in [1.807, 2.05) is 24.3 Å². The van der Waals surface area contributed by atoms with E-state index in [1.54, 1.807) is 25.3 Å². The third kappa shape index (κ3) is 5.23.